The zero-order valence-electron chi connectivity index (χ0n) is 14.2. The number of nitrogens with zero attached hydrogens (tertiary/aromatic N) is 2. The average molecular weight is 380 g/mol. The van der Waals surface area contributed by atoms with E-state index in [1.165, 1.54) is 31.4 Å². The second kappa shape index (κ2) is 7.62. The SMILES string of the molecule is CCC1CCCCN1c1ccc(NS(=O)(=O)c2ccc(Cl)cc2)cn1. The number of benzene rings is 1. The van der Waals surface area contributed by atoms with Crippen molar-refractivity contribution < 1.29 is 8.42 Å². The second-order valence-corrected chi connectivity index (χ2v) is 8.33. The first-order chi connectivity index (χ1) is 12.0. The molecule has 1 aromatic heterocycles. The van der Waals surface area contributed by atoms with E-state index in [4.69, 9.17) is 11.6 Å². The molecule has 1 aliphatic rings. The fourth-order valence-electron chi connectivity index (χ4n) is 3.17. The molecule has 2 aromatic rings. The van der Waals surface area contributed by atoms with Gasteiger partial charge in [0.2, 0.25) is 0 Å². The van der Waals surface area contributed by atoms with E-state index >= 15 is 0 Å². The molecule has 0 saturated carbocycles. The lowest BCUT2D eigenvalue weighted by atomic mass is 10.00. The molecule has 1 aliphatic heterocycles. The number of piperidine rings is 1. The summed E-state index contributed by atoms with van der Waals surface area (Å²) in [5, 5.41) is 0.497. The van der Waals surface area contributed by atoms with Crippen molar-refractivity contribution in [2.75, 3.05) is 16.2 Å². The minimum atomic E-state index is -3.65. The Kier molecular flexibility index (Phi) is 5.49. The summed E-state index contributed by atoms with van der Waals surface area (Å²) in [6, 6.07) is 10.2. The van der Waals surface area contributed by atoms with Crippen LogP contribution >= 0.6 is 11.6 Å². The summed E-state index contributed by atoms with van der Waals surface area (Å²) in [5.74, 6) is 0.904. The third-order valence-corrected chi connectivity index (χ3v) is 6.17. The second-order valence-electron chi connectivity index (χ2n) is 6.22. The van der Waals surface area contributed by atoms with Crippen LogP contribution in [0, 0.1) is 0 Å². The largest absolute Gasteiger partial charge is 0.354 e. The number of aromatic nitrogens is 1. The molecule has 134 valence electrons. The van der Waals surface area contributed by atoms with Gasteiger partial charge in [-0.1, -0.05) is 18.5 Å². The number of rotatable bonds is 5. The van der Waals surface area contributed by atoms with Gasteiger partial charge in [-0.25, -0.2) is 13.4 Å². The van der Waals surface area contributed by atoms with Crippen molar-refractivity contribution in [1.29, 1.82) is 0 Å². The third kappa shape index (κ3) is 4.25. The highest BCUT2D eigenvalue weighted by Crippen LogP contribution is 2.26. The van der Waals surface area contributed by atoms with Crippen molar-refractivity contribution in [3.05, 3.63) is 47.6 Å². The molecule has 7 heteroatoms. The van der Waals surface area contributed by atoms with Crippen molar-refractivity contribution in [3.63, 3.8) is 0 Å². The fraction of sp³-hybridized carbons (Fsp3) is 0.389. The van der Waals surface area contributed by atoms with Crippen molar-refractivity contribution in [2.24, 2.45) is 0 Å². The van der Waals surface area contributed by atoms with Crippen molar-refractivity contribution in [1.82, 2.24) is 4.98 Å². The van der Waals surface area contributed by atoms with Crippen LogP contribution in [0.2, 0.25) is 5.02 Å². The molecule has 1 saturated heterocycles. The smallest absolute Gasteiger partial charge is 0.261 e. The van der Waals surface area contributed by atoms with Gasteiger partial charge in [-0.05, 0) is 62.1 Å². The molecular formula is C18H22ClN3O2S. The lowest BCUT2D eigenvalue weighted by Crippen LogP contribution is -2.39. The lowest BCUT2D eigenvalue weighted by molar-refractivity contribution is 0.447. The van der Waals surface area contributed by atoms with Crippen LogP contribution in [0.1, 0.15) is 32.6 Å². The van der Waals surface area contributed by atoms with E-state index in [2.05, 4.69) is 21.5 Å². The van der Waals surface area contributed by atoms with E-state index < -0.39 is 10.0 Å². The molecular weight excluding hydrogens is 358 g/mol. The maximum Gasteiger partial charge on any atom is 0.261 e. The summed E-state index contributed by atoms with van der Waals surface area (Å²) < 4.78 is 27.4. The van der Waals surface area contributed by atoms with Crippen LogP contribution in [0.5, 0.6) is 0 Å². The normalized spacial score (nSPS) is 18.2. The van der Waals surface area contributed by atoms with E-state index in [1.54, 1.807) is 24.4 Å². The molecule has 0 radical (unpaired) electrons. The Labute approximate surface area is 154 Å². The van der Waals surface area contributed by atoms with Gasteiger partial charge in [0.25, 0.3) is 10.0 Å². The molecule has 0 spiro atoms. The zero-order valence-corrected chi connectivity index (χ0v) is 15.7. The molecule has 1 unspecified atom stereocenters. The fourth-order valence-corrected chi connectivity index (χ4v) is 4.34. The van der Waals surface area contributed by atoms with Gasteiger partial charge in [-0.3, -0.25) is 4.72 Å². The summed E-state index contributed by atoms with van der Waals surface area (Å²) in [6.07, 6.45) is 6.27. The summed E-state index contributed by atoms with van der Waals surface area (Å²) >= 11 is 5.81. The maximum absolute atomic E-state index is 12.4. The standard InChI is InChI=1S/C18H22ClN3O2S/c1-2-16-5-3-4-12-22(16)18-11-8-15(13-20-18)21-25(23,24)17-9-6-14(19)7-10-17/h6-11,13,16,21H,2-5,12H2,1H3. The van der Waals surface area contributed by atoms with E-state index in [0.717, 1.165) is 18.8 Å². The molecule has 1 N–H and O–H groups in total. The van der Waals surface area contributed by atoms with Gasteiger partial charge in [0, 0.05) is 17.6 Å². The number of hydrogen-bond donors (Lipinski definition) is 1. The summed E-state index contributed by atoms with van der Waals surface area (Å²) in [6.45, 7) is 3.19. The summed E-state index contributed by atoms with van der Waals surface area (Å²) in [5.41, 5.74) is 0.448. The number of halogens is 1. The van der Waals surface area contributed by atoms with E-state index in [0.29, 0.717) is 16.8 Å². The van der Waals surface area contributed by atoms with Crippen LogP contribution in [-0.4, -0.2) is 26.0 Å². The molecule has 3 rings (SSSR count). The molecule has 0 amide bonds. The van der Waals surface area contributed by atoms with E-state index in [-0.39, 0.29) is 4.90 Å². The number of pyridine rings is 1. The van der Waals surface area contributed by atoms with E-state index in [9.17, 15) is 8.42 Å². The quantitative estimate of drug-likeness (QED) is 0.841. The highest BCUT2D eigenvalue weighted by molar-refractivity contribution is 7.92. The summed E-state index contributed by atoms with van der Waals surface area (Å²) in [4.78, 5) is 6.96. The van der Waals surface area contributed by atoms with Crippen LogP contribution in [0.25, 0.3) is 0 Å². The Morgan fingerprint density at radius 1 is 1.20 bits per heavy atom. The van der Waals surface area contributed by atoms with Crippen LogP contribution in [0.15, 0.2) is 47.5 Å². The number of anilines is 2. The Morgan fingerprint density at radius 3 is 2.60 bits per heavy atom. The average Bonchev–Trinajstić information content (AvgIpc) is 2.62. The van der Waals surface area contributed by atoms with Gasteiger partial charge in [0.1, 0.15) is 5.82 Å². The highest BCUT2D eigenvalue weighted by Gasteiger charge is 2.22. The third-order valence-electron chi connectivity index (χ3n) is 4.52. The first kappa shape index (κ1) is 18.0. The van der Waals surface area contributed by atoms with Crippen molar-refractivity contribution in [3.8, 4) is 0 Å². The van der Waals surface area contributed by atoms with Gasteiger partial charge < -0.3 is 4.90 Å². The number of hydrogen-bond acceptors (Lipinski definition) is 4. The monoisotopic (exact) mass is 379 g/mol. The Bertz CT molecular complexity index is 807. The van der Waals surface area contributed by atoms with Gasteiger partial charge in [0.15, 0.2) is 0 Å². The lowest BCUT2D eigenvalue weighted by Gasteiger charge is -2.36. The topological polar surface area (TPSA) is 62.3 Å². The number of sulfonamides is 1. The van der Waals surface area contributed by atoms with Crippen LogP contribution in [-0.2, 0) is 10.0 Å². The van der Waals surface area contributed by atoms with Crippen molar-refractivity contribution >= 4 is 33.1 Å². The van der Waals surface area contributed by atoms with Crippen LogP contribution in [0.4, 0.5) is 11.5 Å². The van der Waals surface area contributed by atoms with Gasteiger partial charge in [-0.15, -0.1) is 0 Å². The molecule has 1 fully saturated rings. The predicted octanol–water partition coefficient (Wildman–Crippen LogP) is 4.30. The minimum Gasteiger partial charge on any atom is -0.354 e. The molecule has 0 aliphatic carbocycles. The van der Waals surface area contributed by atoms with Crippen molar-refractivity contribution in [2.45, 2.75) is 43.5 Å². The summed E-state index contributed by atoms with van der Waals surface area (Å²) in [7, 11) is -3.65. The van der Waals surface area contributed by atoms with Gasteiger partial charge >= 0.3 is 0 Å². The highest BCUT2D eigenvalue weighted by atomic mass is 35.5. The predicted molar refractivity (Wildman–Crippen MR) is 102 cm³/mol. The molecule has 1 aromatic carbocycles. The number of nitrogens with one attached hydrogen (secondary N) is 1. The van der Waals surface area contributed by atoms with Gasteiger partial charge in [0.05, 0.1) is 16.8 Å². The Hall–Kier alpha value is -1.79. The minimum absolute atomic E-state index is 0.169. The molecule has 5 nitrogen and oxygen atoms in total. The van der Waals surface area contributed by atoms with E-state index in [1.807, 2.05) is 6.07 Å². The first-order valence-corrected chi connectivity index (χ1v) is 10.4. The molecule has 2 heterocycles. The van der Waals surface area contributed by atoms with Gasteiger partial charge in [-0.2, -0.15) is 0 Å². The molecule has 25 heavy (non-hydrogen) atoms. The Morgan fingerprint density at radius 2 is 1.96 bits per heavy atom. The Balaban J connectivity index is 1.75. The molecule has 0 bridgehead atoms. The van der Waals surface area contributed by atoms with Crippen LogP contribution in [0.3, 0.4) is 0 Å². The zero-order chi connectivity index (χ0) is 17.9. The van der Waals surface area contributed by atoms with Crippen LogP contribution < -0.4 is 9.62 Å². The molecule has 1 atom stereocenters. The maximum atomic E-state index is 12.4. The first-order valence-electron chi connectivity index (χ1n) is 8.50.